The Morgan fingerprint density at radius 3 is 2.43 bits per heavy atom. The summed E-state index contributed by atoms with van der Waals surface area (Å²) in [4.78, 5) is 12.0. The molecular formula is C21H18O2. The molecule has 2 nitrogen and oxygen atoms in total. The summed E-state index contributed by atoms with van der Waals surface area (Å²) in [5.41, 5.74) is 4.79. The number of ether oxygens (including phenoxy) is 1. The number of carbonyl (C=O) groups is 1. The van der Waals surface area contributed by atoms with Crippen molar-refractivity contribution in [3.05, 3.63) is 65.7 Å². The van der Waals surface area contributed by atoms with E-state index in [0.29, 0.717) is 18.6 Å². The monoisotopic (exact) mass is 302 g/mol. The van der Waals surface area contributed by atoms with Gasteiger partial charge < -0.3 is 4.74 Å². The number of hydrogen-bond donors (Lipinski definition) is 0. The zero-order valence-electron chi connectivity index (χ0n) is 13.1. The number of benzene rings is 3. The van der Waals surface area contributed by atoms with Gasteiger partial charge in [0.2, 0.25) is 0 Å². The molecule has 0 fully saturated rings. The molecule has 3 aromatic carbocycles. The van der Waals surface area contributed by atoms with Crippen molar-refractivity contribution < 1.29 is 9.53 Å². The highest BCUT2D eigenvalue weighted by Gasteiger charge is 2.20. The van der Waals surface area contributed by atoms with E-state index in [1.165, 1.54) is 11.1 Å². The van der Waals surface area contributed by atoms with Gasteiger partial charge in [0.25, 0.3) is 0 Å². The maximum absolute atomic E-state index is 12.0. The van der Waals surface area contributed by atoms with E-state index < -0.39 is 0 Å². The van der Waals surface area contributed by atoms with E-state index in [2.05, 4.69) is 42.5 Å². The van der Waals surface area contributed by atoms with Gasteiger partial charge in [-0.15, -0.1) is 0 Å². The Labute approximate surface area is 135 Å². The van der Waals surface area contributed by atoms with E-state index >= 15 is 0 Å². The molecule has 0 radical (unpaired) electrons. The van der Waals surface area contributed by atoms with Crippen molar-refractivity contribution in [2.75, 3.05) is 7.11 Å². The Bertz CT molecular complexity index is 904. The molecule has 1 aliphatic carbocycles. The second-order valence-electron chi connectivity index (χ2n) is 6.02. The zero-order chi connectivity index (χ0) is 15.8. The first kappa shape index (κ1) is 14.0. The van der Waals surface area contributed by atoms with Gasteiger partial charge in [0.05, 0.1) is 7.11 Å². The minimum atomic E-state index is 0.331. The van der Waals surface area contributed by atoms with E-state index in [9.17, 15) is 4.79 Å². The fraction of sp³-hybridized carbons (Fsp3) is 0.190. The van der Waals surface area contributed by atoms with Crippen molar-refractivity contribution in [3.8, 4) is 16.9 Å². The molecule has 0 saturated heterocycles. The largest absolute Gasteiger partial charge is 0.496 e. The highest BCUT2D eigenvalue weighted by molar-refractivity contribution is 6.02. The molecule has 4 rings (SSSR count). The van der Waals surface area contributed by atoms with E-state index in [-0.39, 0.29) is 0 Å². The third-order valence-corrected chi connectivity index (χ3v) is 4.70. The molecule has 0 N–H and O–H groups in total. The molecule has 0 saturated carbocycles. The predicted molar refractivity (Wildman–Crippen MR) is 93.0 cm³/mol. The fourth-order valence-corrected chi connectivity index (χ4v) is 3.59. The zero-order valence-corrected chi connectivity index (χ0v) is 13.1. The molecule has 0 bridgehead atoms. The number of aryl methyl sites for hydroxylation is 1. The standard InChI is InChI=1S/C21H18O2/c1-23-20-10-4-7-15-6-3-9-18(21(15)20)17-8-2-5-14-11-12-16(22)13-19(14)17/h2-10H,11-13H2,1H3. The second kappa shape index (κ2) is 5.54. The number of methoxy groups -OCH3 is 1. The predicted octanol–water partition coefficient (Wildman–Crippen LogP) is 4.57. The van der Waals surface area contributed by atoms with Crippen LogP contribution in [0.4, 0.5) is 0 Å². The Morgan fingerprint density at radius 1 is 0.870 bits per heavy atom. The van der Waals surface area contributed by atoms with Gasteiger partial charge in [0.15, 0.2) is 0 Å². The number of rotatable bonds is 2. The molecule has 3 aromatic rings. The summed E-state index contributed by atoms with van der Waals surface area (Å²) in [6.45, 7) is 0. The molecular weight excluding hydrogens is 284 g/mol. The Morgan fingerprint density at radius 2 is 1.61 bits per heavy atom. The number of fused-ring (bicyclic) bond motifs is 2. The molecule has 0 atom stereocenters. The van der Waals surface area contributed by atoms with E-state index in [1.54, 1.807) is 7.11 Å². The van der Waals surface area contributed by atoms with Gasteiger partial charge in [0, 0.05) is 18.2 Å². The van der Waals surface area contributed by atoms with Crippen molar-refractivity contribution in [1.82, 2.24) is 0 Å². The summed E-state index contributed by atoms with van der Waals surface area (Å²) in [6, 6.07) is 18.8. The molecule has 0 amide bonds. The Kier molecular flexibility index (Phi) is 3.38. The topological polar surface area (TPSA) is 26.3 Å². The first-order chi connectivity index (χ1) is 11.3. The van der Waals surface area contributed by atoms with Gasteiger partial charge in [-0.25, -0.2) is 0 Å². The smallest absolute Gasteiger partial charge is 0.137 e. The van der Waals surface area contributed by atoms with Crippen molar-refractivity contribution in [3.63, 3.8) is 0 Å². The van der Waals surface area contributed by atoms with E-state index in [1.807, 2.05) is 12.1 Å². The van der Waals surface area contributed by atoms with Crippen LogP contribution in [-0.4, -0.2) is 12.9 Å². The summed E-state index contributed by atoms with van der Waals surface area (Å²) in [7, 11) is 1.70. The minimum Gasteiger partial charge on any atom is -0.496 e. The normalized spacial score (nSPS) is 13.9. The van der Waals surface area contributed by atoms with Crippen LogP contribution in [0, 0.1) is 0 Å². The van der Waals surface area contributed by atoms with Gasteiger partial charge in [0.1, 0.15) is 11.5 Å². The van der Waals surface area contributed by atoms with Crippen LogP contribution in [0.25, 0.3) is 21.9 Å². The van der Waals surface area contributed by atoms with Crippen molar-refractivity contribution in [1.29, 1.82) is 0 Å². The lowest BCUT2D eigenvalue weighted by Gasteiger charge is -2.20. The SMILES string of the molecule is COc1cccc2cccc(-c3cccc4c3CC(=O)CC4)c12. The van der Waals surface area contributed by atoms with Crippen LogP contribution in [-0.2, 0) is 17.6 Å². The molecule has 0 heterocycles. The molecule has 23 heavy (non-hydrogen) atoms. The molecule has 2 heteroatoms. The number of hydrogen-bond acceptors (Lipinski definition) is 2. The van der Waals surface area contributed by atoms with Gasteiger partial charge in [-0.05, 0) is 40.1 Å². The third-order valence-electron chi connectivity index (χ3n) is 4.70. The lowest BCUT2D eigenvalue weighted by molar-refractivity contribution is -0.118. The molecule has 0 spiro atoms. The summed E-state index contributed by atoms with van der Waals surface area (Å²) in [5.74, 6) is 1.20. The number of Topliss-reactive ketones (excluding diaryl/α,β-unsaturated/α-hetero) is 1. The second-order valence-corrected chi connectivity index (χ2v) is 6.02. The first-order valence-electron chi connectivity index (χ1n) is 7.96. The van der Waals surface area contributed by atoms with Crippen LogP contribution in [0.3, 0.4) is 0 Å². The first-order valence-corrected chi connectivity index (χ1v) is 7.96. The van der Waals surface area contributed by atoms with Crippen molar-refractivity contribution in [2.45, 2.75) is 19.3 Å². The highest BCUT2D eigenvalue weighted by Crippen LogP contribution is 2.38. The number of ketones is 1. The van der Waals surface area contributed by atoms with Crippen LogP contribution >= 0.6 is 0 Å². The average molecular weight is 302 g/mol. The maximum Gasteiger partial charge on any atom is 0.137 e. The molecule has 0 aromatic heterocycles. The van der Waals surface area contributed by atoms with Gasteiger partial charge >= 0.3 is 0 Å². The van der Waals surface area contributed by atoms with Crippen molar-refractivity contribution in [2.24, 2.45) is 0 Å². The Balaban J connectivity index is 2.03. The lowest BCUT2D eigenvalue weighted by Crippen LogP contribution is -2.14. The third kappa shape index (κ3) is 2.31. The average Bonchev–Trinajstić information content (AvgIpc) is 2.60. The highest BCUT2D eigenvalue weighted by atomic mass is 16.5. The lowest BCUT2D eigenvalue weighted by atomic mass is 9.84. The van der Waals surface area contributed by atoms with Crippen LogP contribution in [0.5, 0.6) is 5.75 Å². The molecule has 0 unspecified atom stereocenters. The summed E-state index contributed by atoms with van der Waals surface area (Å²) < 4.78 is 5.59. The summed E-state index contributed by atoms with van der Waals surface area (Å²) in [5, 5.41) is 2.27. The summed E-state index contributed by atoms with van der Waals surface area (Å²) >= 11 is 0. The van der Waals surface area contributed by atoms with Gasteiger partial charge in [-0.2, -0.15) is 0 Å². The number of carbonyl (C=O) groups excluding carboxylic acids is 1. The molecule has 114 valence electrons. The van der Waals surface area contributed by atoms with Crippen LogP contribution in [0.1, 0.15) is 17.5 Å². The maximum atomic E-state index is 12.0. The molecule has 1 aliphatic rings. The van der Waals surface area contributed by atoms with E-state index in [4.69, 9.17) is 4.74 Å². The van der Waals surface area contributed by atoms with E-state index in [0.717, 1.165) is 34.1 Å². The minimum absolute atomic E-state index is 0.331. The van der Waals surface area contributed by atoms with Crippen LogP contribution < -0.4 is 4.74 Å². The summed E-state index contributed by atoms with van der Waals surface area (Å²) in [6.07, 6.45) is 2.05. The fourth-order valence-electron chi connectivity index (χ4n) is 3.59. The van der Waals surface area contributed by atoms with Gasteiger partial charge in [-0.1, -0.05) is 48.5 Å². The molecule has 0 aliphatic heterocycles. The van der Waals surface area contributed by atoms with Crippen molar-refractivity contribution >= 4 is 16.6 Å². The quantitative estimate of drug-likeness (QED) is 0.693. The Hall–Kier alpha value is -2.61. The van der Waals surface area contributed by atoms with Gasteiger partial charge in [-0.3, -0.25) is 4.79 Å². The van der Waals surface area contributed by atoms with Crippen LogP contribution in [0.2, 0.25) is 0 Å². The van der Waals surface area contributed by atoms with Crippen LogP contribution in [0.15, 0.2) is 54.6 Å².